The molecule has 0 bridgehead atoms. The maximum Gasteiger partial charge on any atom is 0.282 e. The lowest BCUT2D eigenvalue weighted by molar-refractivity contribution is -0.120. The summed E-state index contributed by atoms with van der Waals surface area (Å²) >= 11 is 0. The molecule has 0 fully saturated rings. The highest BCUT2D eigenvalue weighted by molar-refractivity contribution is 6.46. The number of hydrogen-bond acceptors (Lipinski definition) is 5. The quantitative estimate of drug-likeness (QED) is 0.487. The highest BCUT2D eigenvalue weighted by Crippen LogP contribution is 2.36. The van der Waals surface area contributed by atoms with Gasteiger partial charge in [-0.1, -0.05) is 42.0 Å². The van der Waals surface area contributed by atoms with Crippen molar-refractivity contribution in [3.05, 3.63) is 89.6 Å². The first-order valence-electron chi connectivity index (χ1n) is 10.9. The summed E-state index contributed by atoms with van der Waals surface area (Å²) in [5.41, 5.74) is 3.37. The SMILES string of the molecule is CCOc1ccc(N2C(=O)C(Nc3ccccc3OCC)=C(c3ccc(C)cc3)C2=O)cc1. The molecule has 6 nitrogen and oxygen atoms in total. The van der Waals surface area contributed by atoms with Crippen LogP contribution >= 0.6 is 0 Å². The second-order valence-electron chi connectivity index (χ2n) is 7.54. The van der Waals surface area contributed by atoms with E-state index in [1.165, 1.54) is 4.90 Å². The fourth-order valence-electron chi connectivity index (χ4n) is 3.71. The Kier molecular flexibility index (Phi) is 6.45. The molecule has 0 aromatic heterocycles. The van der Waals surface area contributed by atoms with Gasteiger partial charge in [-0.15, -0.1) is 0 Å². The van der Waals surface area contributed by atoms with Crippen molar-refractivity contribution in [1.29, 1.82) is 0 Å². The summed E-state index contributed by atoms with van der Waals surface area (Å²) in [5.74, 6) is 0.474. The van der Waals surface area contributed by atoms with Crippen LogP contribution in [0.3, 0.4) is 0 Å². The number of anilines is 2. The minimum absolute atomic E-state index is 0.213. The Balaban J connectivity index is 1.77. The summed E-state index contributed by atoms with van der Waals surface area (Å²) in [6, 6.07) is 21.8. The van der Waals surface area contributed by atoms with Gasteiger partial charge in [-0.25, -0.2) is 4.90 Å². The van der Waals surface area contributed by atoms with Gasteiger partial charge in [-0.2, -0.15) is 0 Å². The molecule has 33 heavy (non-hydrogen) atoms. The molecule has 4 rings (SSSR count). The van der Waals surface area contributed by atoms with Crippen LogP contribution in [0.4, 0.5) is 11.4 Å². The maximum atomic E-state index is 13.6. The number of amides is 2. The van der Waals surface area contributed by atoms with E-state index in [-0.39, 0.29) is 11.6 Å². The predicted molar refractivity (Wildman–Crippen MR) is 129 cm³/mol. The second kappa shape index (κ2) is 9.61. The molecular weight excluding hydrogens is 416 g/mol. The average Bonchev–Trinajstić information content (AvgIpc) is 3.06. The molecule has 0 unspecified atom stereocenters. The molecule has 0 atom stereocenters. The molecule has 6 heteroatoms. The van der Waals surface area contributed by atoms with E-state index in [9.17, 15) is 9.59 Å². The van der Waals surface area contributed by atoms with Crippen LogP contribution in [0.25, 0.3) is 5.57 Å². The van der Waals surface area contributed by atoms with Gasteiger partial charge in [-0.3, -0.25) is 9.59 Å². The van der Waals surface area contributed by atoms with Crippen LogP contribution < -0.4 is 19.7 Å². The fraction of sp³-hybridized carbons (Fsp3) is 0.185. The molecule has 0 saturated carbocycles. The van der Waals surface area contributed by atoms with Crippen molar-refractivity contribution in [2.24, 2.45) is 0 Å². The molecule has 3 aromatic carbocycles. The van der Waals surface area contributed by atoms with Crippen molar-refractivity contribution in [3.8, 4) is 11.5 Å². The monoisotopic (exact) mass is 442 g/mol. The van der Waals surface area contributed by atoms with Gasteiger partial charge >= 0.3 is 0 Å². The van der Waals surface area contributed by atoms with Crippen LogP contribution in [0.2, 0.25) is 0 Å². The van der Waals surface area contributed by atoms with E-state index in [0.717, 1.165) is 5.56 Å². The van der Waals surface area contributed by atoms with Gasteiger partial charge in [0.25, 0.3) is 11.8 Å². The zero-order valence-electron chi connectivity index (χ0n) is 18.9. The molecular formula is C27H26N2O4. The van der Waals surface area contributed by atoms with Gasteiger partial charge < -0.3 is 14.8 Å². The molecule has 168 valence electrons. The van der Waals surface area contributed by atoms with Crippen molar-refractivity contribution >= 4 is 28.8 Å². The standard InChI is InChI=1S/C27H26N2O4/c1-4-32-21-16-14-20(15-17-21)29-26(30)24(19-12-10-18(3)11-13-19)25(27(29)31)28-22-8-6-7-9-23(22)33-5-2/h6-17,28H,4-5H2,1-3H3. The zero-order valence-corrected chi connectivity index (χ0v) is 18.9. The summed E-state index contributed by atoms with van der Waals surface area (Å²) < 4.78 is 11.2. The summed E-state index contributed by atoms with van der Waals surface area (Å²) in [7, 11) is 0. The lowest BCUT2D eigenvalue weighted by Crippen LogP contribution is -2.32. The zero-order chi connectivity index (χ0) is 23.4. The van der Waals surface area contributed by atoms with Gasteiger partial charge in [-0.05, 0) is 62.7 Å². The highest BCUT2D eigenvalue weighted by atomic mass is 16.5. The normalized spacial score (nSPS) is 13.5. The molecule has 0 saturated heterocycles. The second-order valence-corrected chi connectivity index (χ2v) is 7.54. The Hall–Kier alpha value is -4.06. The summed E-state index contributed by atoms with van der Waals surface area (Å²) in [6.07, 6.45) is 0. The van der Waals surface area contributed by atoms with Crippen LogP contribution in [0.5, 0.6) is 11.5 Å². The number of ether oxygens (including phenoxy) is 2. The maximum absolute atomic E-state index is 13.6. The molecule has 0 radical (unpaired) electrons. The smallest absolute Gasteiger partial charge is 0.282 e. The number of rotatable bonds is 8. The molecule has 1 N–H and O–H groups in total. The van der Waals surface area contributed by atoms with Crippen LogP contribution in [-0.2, 0) is 9.59 Å². The van der Waals surface area contributed by atoms with Gasteiger partial charge in [0, 0.05) is 0 Å². The lowest BCUT2D eigenvalue weighted by Gasteiger charge is -2.16. The first-order chi connectivity index (χ1) is 16.0. The van der Waals surface area contributed by atoms with Gasteiger partial charge in [0.2, 0.25) is 0 Å². The Morgan fingerprint density at radius 2 is 1.45 bits per heavy atom. The molecule has 1 aliphatic rings. The van der Waals surface area contributed by atoms with Crippen molar-refractivity contribution < 1.29 is 19.1 Å². The van der Waals surface area contributed by atoms with Crippen LogP contribution in [-0.4, -0.2) is 25.0 Å². The van der Waals surface area contributed by atoms with E-state index >= 15 is 0 Å². The number of hydrogen-bond donors (Lipinski definition) is 1. The van der Waals surface area contributed by atoms with Crippen LogP contribution in [0.1, 0.15) is 25.0 Å². The third-order valence-electron chi connectivity index (χ3n) is 5.28. The third-order valence-corrected chi connectivity index (χ3v) is 5.28. The van der Waals surface area contributed by atoms with E-state index in [4.69, 9.17) is 9.47 Å². The largest absolute Gasteiger partial charge is 0.494 e. The van der Waals surface area contributed by atoms with E-state index in [1.807, 2.05) is 69.3 Å². The van der Waals surface area contributed by atoms with Crippen molar-refractivity contribution in [1.82, 2.24) is 0 Å². The minimum atomic E-state index is -0.425. The van der Waals surface area contributed by atoms with Crippen molar-refractivity contribution in [3.63, 3.8) is 0 Å². The number of nitrogens with one attached hydrogen (secondary N) is 1. The summed E-state index contributed by atoms with van der Waals surface area (Å²) in [6.45, 7) is 6.79. The molecule has 0 spiro atoms. The molecule has 0 aliphatic carbocycles. The van der Waals surface area contributed by atoms with E-state index < -0.39 is 5.91 Å². The number of imide groups is 1. The lowest BCUT2D eigenvalue weighted by atomic mass is 10.0. The highest BCUT2D eigenvalue weighted by Gasteiger charge is 2.40. The van der Waals surface area contributed by atoms with Crippen LogP contribution in [0.15, 0.2) is 78.5 Å². The minimum Gasteiger partial charge on any atom is -0.494 e. The summed E-state index contributed by atoms with van der Waals surface area (Å²) in [5, 5.41) is 3.19. The first kappa shape index (κ1) is 22.1. The van der Waals surface area contributed by atoms with Gasteiger partial charge in [0.05, 0.1) is 30.2 Å². The predicted octanol–water partition coefficient (Wildman–Crippen LogP) is 5.19. The molecule has 1 heterocycles. The van der Waals surface area contributed by atoms with Gasteiger partial charge in [0.15, 0.2) is 0 Å². The summed E-state index contributed by atoms with van der Waals surface area (Å²) in [4.78, 5) is 28.3. The first-order valence-corrected chi connectivity index (χ1v) is 10.9. The number of carbonyl (C=O) groups is 2. The number of carbonyl (C=O) groups excluding carboxylic acids is 2. The Morgan fingerprint density at radius 1 is 0.788 bits per heavy atom. The van der Waals surface area contributed by atoms with Crippen LogP contribution in [0, 0.1) is 6.92 Å². The number of nitrogens with zero attached hydrogens (tertiary/aromatic N) is 1. The Bertz CT molecular complexity index is 1200. The van der Waals surface area contributed by atoms with E-state index in [1.54, 1.807) is 24.3 Å². The topological polar surface area (TPSA) is 67.9 Å². The molecule has 2 amide bonds. The van der Waals surface area contributed by atoms with E-state index in [2.05, 4.69) is 5.32 Å². The Labute approximate surface area is 193 Å². The van der Waals surface area contributed by atoms with Gasteiger partial charge in [0.1, 0.15) is 17.2 Å². The fourth-order valence-corrected chi connectivity index (χ4v) is 3.71. The third kappa shape index (κ3) is 4.46. The number of benzene rings is 3. The number of para-hydroxylation sites is 2. The molecule has 3 aromatic rings. The van der Waals surface area contributed by atoms with Crippen molar-refractivity contribution in [2.45, 2.75) is 20.8 Å². The Morgan fingerprint density at radius 3 is 2.12 bits per heavy atom. The average molecular weight is 443 g/mol. The van der Waals surface area contributed by atoms with Crippen molar-refractivity contribution in [2.75, 3.05) is 23.4 Å². The number of aryl methyl sites for hydroxylation is 1. The van der Waals surface area contributed by atoms with E-state index in [0.29, 0.717) is 47.2 Å². The molecule has 1 aliphatic heterocycles.